The van der Waals surface area contributed by atoms with E-state index in [4.69, 9.17) is 31.2 Å². The number of nitrogens with one attached hydrogen (secondary N) is 1. The van der Waals surface area contributed by atoms with Gasteiger partial charge in [0.05, 0.1) is 18.2 Å². The molecule has 3 heterocycles. The Hall–Kier alpha value is -1.48. The summed E-state index contributed by atoms with van der Waals surface area (Å²) in [5.74, 6) is 0.461. The van der Waals surface area contributed by atoms with Gasteiger partial charge in [-0.05, 0) is 24.4 Å². The highest BCUT2D eigenvalue weighted by Gasteiger charge is 2.52. The normalized spacial score (nSPS) is 28.5. The number of alkyl halides is 1. The lowest BCUT2D eigenvalue weighted by Gasteiger charge is -2.26. The maximum Gasteiger partial charge on any atom is 0.392 e. The molecule has 1 unspecified atom stereocenters. The maximum absolute atomic E-state index is 14.2. The van der Waals surface area contributed by atoms with E-state index in [0.29, 0.717) is 11.2 Å². The Morgan fingerprint density at radius 1 is 1.30 bits per heavy atom. The number of halogens is 2. The smallest absolute Gasteiger partial charge is 0.390 e. The van der Waals surface area contributed by atoms with Crippen LogP contribution in [0, 0.1) is 0 Å². The fourth-order valence-electron chi connectivity index (χ4n) is 3.96. The molecule has 1 saturated carbocycles. The molecule has 1 aliphatic heterocycles. The van der Waals surface area contributed by atoms with Crippen molar-refractivity contribution in [2.45, 2.75) is 61.9 Å². The van der Waals surface area contributed by atoms with Crippen molar-refractivity contribution in [3.63, 3.8) is 0 Å². The van der Waals surface area contributed by atoms with Crippen LogP contribution in [-0.4, -0.2) is 88.0 Å². The Kier molecular flexibility index (Phi) is 6.93. The summed E-state index contributed by atoms with van der Waals surface area (Å²) in [5.41, 5.74) is -3.47. The molecule has 0 bridgehead atoms. The van der Waals surface area contributed by atoms with Gasteiger partial charge in [0.1, 0.15) is 30.7 Å². The molecule has 2 aromatic heterocycles. The van der Waals surface area contributed by atoms with Crippen LogP contribution in [0.25, 0.3) is 11.0 Å². The van der Waals surface area contributed by atoms with Crippen LogP contribution in [0.3, 0.4) is 0 Å². The molecule has 2 fully saturated rings. The van der Waals surface area contributed by atoms with Crippen LogP contribution in [0.15, 0.2) is 6.20 Å². The van der Waals surface area contributed by atoms with Crippen molar-refractivity contribution in [3.05, 3.63) is 11.5 Å². The average molecular weight is 512 g/mol. The number of hydrogen-bond donors (Lipinski definition) is 6. The zero-order valence-corrected chi connectivity index (χ0v) is 18.8. The van der Waals surface area contributed by atoms with Crippen LogP contribution in [0.2, 0.25) is 5.28 Å². The Labute approximate surface area is 191 Å². The Balaban J connectivity index is 1.56. The predicted octanol–water partition coefficient (Wildman–Crippen LogP) is 0.263. The molecule has 0 amide bonds. The number of fused-ring (bicyclic) bond motifs is 1. The zero-order valence-electron chi connectivity index (χ0n) is 17.2. The van der Waals surface area contributed by atoms with Crippen LogP contribution >= 0.6 is 19.2 Å². The molecule has 1 saturated heterocycles. The number of aliphatic hydroxyl groups is 3. The van der Waals surface area contributed by atoms with Crippen LogP contribution in [-0.2, 0) is 14.0 Å². The van der Waals surface area contributed by atoms with Crippen molar-refractivity contribution in [2.24, 2.45) is 0 Å². The molecular formula is C17H24ClFN5O8P. The maximum atomic E-state index is 14.2. The predicted molar refractivity (Wildman–Crippen MR) is 111 cm³/mol. The average Bonchev–Trinajstić information content (AvgIpc) is 3.47. The van der Waals surface area contributed by atoms with Gasteiger partial charge in [-0.3, -0.25) is 4.57 Å². The summed E-state index contributed by atoms with van der Waals surface area (Å²) >= 11 is 6.08. The lowest BCUT2D eigenvalue weighted by Crippen LogP contribution is -2.39. The number of aliphatic hydroxyl groups excluding tert-OH is 3. The van der Waals surface area contributed by atoms with E-state index < -0.39 is 50.9 Å². The molecule has 0 spiro atoms. The second-order valence-electron chi connectivity index (χ2n) is 8.04. The van der Waals surface area contributed by atoms with E-state index in [1.807, 2.05) is 0 Å². The largest absolute Gasteiger partial charge is 0.392 e. The highest BCUT2D eigenvalue weighted by atomic mass is 35.5. The first kappa shape index (κ1) is 24.6. The molecule has 1 aliphatic carbocycles. The fourth-order valence-corrected chi connectivity index (χ4v) is 4.55. The summed E-state index contributed by atoms with van der Waals surface area (Å²) in [4.78, 5) is 26.5. The Bertz CT molecular complexity index is 1050. The van der Waals surface area contributed by atoms with Gasteiger partial charge < -0.3 is 39.9 Å². The number of ether oxygens (including phenoxy) is 2. The summed E-state index contributed by atoms with van der Waals surface area (Å²) in [6.07, 6.45) is -0.284. The number of nitrogens with zero attached hydrogens (tertiary/aromatic N) is 4. The number of rotatable bonds is 8. The quantitative estimate of drug-likeness (QED) is 0.209. The minimum absolute atomic E-state index is 0.0792. The molecule has 0 radical (unpaired) electrons. The molecule has 4 rings (SSSR count). The molecular weight excluding hydrogens is 488 g/mol. The molecule has 33 heavy (non-hydrogen) atoms. The first-order valence-electron chi connectivity index (χ1n) is 10.2. The molecule has 16 heteroatoms. The van der Waals surface area contributed by atoms with Crippen LogP contribution in [0.5, 0.6) is 0 Å². The molecule has 6 N–H and O–H groups in total. The van der Waals surface area contributed by atoms with E-state index >= 15 is 0 Å². The molecule has 0 aromatic carbocycles. The molecule has 2 aromatic rings. The molecule has 2 aliphatic rings. The molecule has 5 atom stereocenters. The van der Waals surface area contributed by atoms with Gasteiger partial charge in [-0.2, -0.15) is 19.5 Å². The van der Waals surface area contributed by atoms with Crippen molar-refractivity contribution in [1.82, 2.24) is 19.7 Å². The van der Waals surface area contributed by atoms with E-state index in [-0.39, 0.29) is 17.0 Å². The first-order chi connectivity index (χ1) is 15.5. The highest BCUT2D eigenvalue weighted by Crippen LogP contribution is 2.52. The number of aromatic nitrogens is 4. The van der Waals surface area contributed by atoms with Gasteiger partial charge in [0.2, 0.25) is 5.28 Å². The summed E-state index contributed by atoms with van der Waals surface area (Å²) < 4.78 is 36.8. The third kappa shape index (κ3) is 4.72. The van der Waals surface area contributed by atoms with Crippen LogP contribution in [0.1, 0.15) is 31.9 Å². The van der Waals surface area contributed by atoms with Crippen molar-refractivity contribution < 1.29 is 43.5 Å². The van der Waals surface area contributed by atoms with E-state index in [0.717, 1.165) is 25.7 Å². The number of anilines is 1. The minimum Gasteiger partial charge on any atom is -0.390 e. The van der Waals surface area contributed by atoms with Gasteiger partial charge in [-0.1, -0.05) is 12.8 Å². The van der Waals surface area contributed by atoms with Crippen molar-refractivity contribution in [3.8, 4) is 0 Å². The second-order valence-corrected chi connectivity index (χ2v) is 10.1. The van der Waals surface area contributed by atoms with E-state index in [1.165, 1.54) is 10.9 Å². The van der Waals surface area contributed by atoms with Gasteiger partial charge in [0.25, 0.3) is 0 Å². The second kappa shape index (κ2) is 9.29. The van der Waals surface area contributed by atoms with Gasteiger partial charge >= 0.3 is 13.2 Å². The SMILES string of the molecule is O=P(O)(O)C(F)(CO)OC[C@H]1O[C@@H](n2ncc3c(NC4CCCC4)nc(Cl)nc32)[C@H](O)[C@@H]1O. The summed E-state index contributed by atoms with van der Waals surface area (Å²) in [5, 5.41) is 37.7. The van der Waals surface area contributed by atoms with E-state index in [1.54, 1.807) is 0 Å². The number of hydrogen-bond acceptors (Lipinski definition) is 10. The molecule has 13 nitrogen and oxygen atoms in total. The van der Waals surface area contributed by atoms with Gasteiger partial charge in [0, 0.05) is 6.04 Å². The monoisotopic (exact) mass is 511 g/mol. The van der Waals surface area contributed by atoms with Crippen molar-refractivity contribution in [2.75, 3.05) is 18.5 Å². The lowest BCUT2D eigenvalue weighted by atomic mass is 10.1. The third-order valence-corrected chi connectivity index (χ3v) is 7.11. The topological polar surface area (TPSA) is 192 Å². The third-order valence-electron chi connectivity index (χ3n) is 5.80. The minimum atomic E-state index is -5.49. The Morgan fingerprint density at radius 2 is 2.00 bits per heavy atom. The van der Waals surface area contributed by atoms with Crippen molar-refractivity contribution in [1.29, 1.82) is 0 Å². The zero-order chi connectivity index (χ0) is 24.0. The van der Waals surface area contributed by atoms with Gasteiger partial charge in [-0.15, -0.1) is 0 Å². The van der Waals surface area contributed by atoms with E-state index in [2.05, 4.69) is 25.1 Å². The summed E-state index contributed by atoms with van der Waals surface area (Å²) in [7, 11) is -5.49. The van der Waals surface area contributed by atoms with Crippen LogP contribution in [0.4, 0.5) is 10.2 Å². The Morgan fingerprint density at radius 3 is 2.64 bits per heavy atom. The summed E-state index contributed by atoms with van der Waals surface area (Å²) in [6.45, 7) is -2.50. The standard InChI is InChI=1S/C17H24ClFN5O8P/c18-16-22-13(21-8-3-1-2-4-8)9-5-20-24(14(9)23-16)15-12(27)11(26)10(32-15)6-31-17(19,7-25)33(28,29)30/h5,8,10-12,15,25-27H,1-4,6-7H2,(H,21,22,23)(H2,28,29,30)/t10-,11-,12-,15-,17?/m1/s1. The van der Waals surface area contributed by atoms with Crippen LogP contribution < -0.4 is 5.32 Å². The van der Waals surface area contributed by atoms with Gasteiger partial charge in [0.15, 0.2) is 11.9 Å². The van der Waals surface area contributed by atoms with Crippen molar-refractivity contribution >= 4 is 36.0 Å². The fraction of sp³-hybridized carbons (Fsp3) is 0.706. The summed E-state index contributed by atoms with van der Waals surface area (Å²) in [6, 6.07) is 0.223. The molecule has 184 valence electrons. The van der Waals surface area contributed by atoms with Gasteiger partial charge in [-0.25, -0.2) is 4.68 Å². The highest BCUT2D eigenvalue weighted by molar-refractivity contribution is 7.53. The first-order valence-corrected chi connectivity index (χ1v) is 12.2. The lowest BCUT2D eigenvalue weighted by molar-refractivity contribution is -0.158. The van der Waals surface area contributed by atoms with E-state index in [9.17, 15) is 19.2 Å².